The topological polar surface area (TPSA) is 147 Å². The number of nitrogen functional groups attached to an aromatic ring is 1. The Morgan fingerprint density at radius 2 is 1.65 bits per heavy atom. The largest absolute Gasteiger partial charge is 0.496 e. The zero-order chi connectivity index (χ0) is 24.8. The smallest absolute Gasteiger partial charge is 0.335 e. The minimum absolute atomic E-state index is 0.114. The summed E-state index contributed by atoms with van der Waals surface area (Å²) in [6, 6.07) is 14.7. The first-order valence-corrected chi connectivity index (χ1v) is 10.3. The van der Waals surface area contributed by atoms with Crippen molar-refractivity contribution in [2.24, 2.45) is 5.73 Å². The fourth-order valence-electron chi connectivity index (χ4n) is 3.39. The number of hydrogen-bond donors (Lipinski definition) is 5. The minimum Gasteiger partial charge on any atom is -0.496 e. The summed E-state index contributed by atoms with van der Waals surface area (Å²) in [5.41, 5.74) is 9.26. The Balaban J connectivity index is 1.87. The first kappa shape index (κ1) is 24.1. The molecule has 0 bridgehead atoms. The summed E-state index contributed by atoms with van der Waals surface area (Å²) in [5.74, 6) is -0.410. The Labute approximate surface area is 197 Å². The molecule has 3 rings (SSSR count). The molecule has 9 heteroatoms. The Kier molecular flexibility index (Phi) is 7.37. The number of nitrogens with two attached hydrogens (primary N) is 1. The average molecular weight is 463 g/mol. The molecule has 0 heterocycles. The molecule has 1 amide bonds. The lowest BCUT2D eigenvalue weighted by molar-refractivity contribution is 0.0696. The lowest BCUT2D eigenvalue weighted by atomic mass is 10.1. The van der Waals surface area contributed by atoms with Gasteiger partial charge in [-0.05, 0) is 48.9 Å². The molecule has 0 aliphatic carbocycles. The predicted molar refractivity (Wildman–Crippen MR) is 130 cm³/mol. The van der Waals surface area contributed by atoms with Crippen LogP contribution in [-0.4, -0.2) is 37.0 Å². The van der Waals surface area contributed by atoms with Gasteiger partial charge in [-0.3, -0.25) is 10.2 Å². The van der Waals surface area contributed by atoms with E-state index in [4.69, 9.17) is 20.6 Å². The second-order valence-corrected chi connectivity index (χ2v) is 7.49. The van der Waals surface area contributed by atoms with Crippen molar-refractivity contribution in [1.29, 1.82) is 5.41 Å². The summed E-state index contributed by atoms with van der Waals surface area (Å²) in [5, 5.41) is 23.0. The van der Waals surface area contributed by atoms with Crippen molar-refractivity contribution in [3.8, 4) is 11.5 Å². The van der Waals surface area contributed by atoms with Crippen LogP contribution in [0.3, 0.4) is 0 Å². The molecule has 0 aliphatic heterocycles. The number of anilines is 2. The van der Waals surface area contributed by atoms with Gasteiger partial charge in [0.25, 0.3) is 5.91 Å². The zero-order valence-corrected chi connectivity index (χ0v) is 19.1. The fraction of sp³-hybridized carbons (Fsp3) is 0.160. The predicted octanol–water partition coefficient (Wildman–Crippen LogP) is 3.67. The number of amidine groups is 1. The van der Waals surface area contributed by atoms with Crippen LogP contribution in [-0.2, 0) is 6.54 Å². The normalized spacial score (nSPS) is 10.3. The van der Waals surface area contributed by atoms with Gasteiger partial charge in [-0.2, -0.15) is 0 Å². The average Bonchev–Trinajstić information content (AvgIpc) is 2.83. The molecule has 0 fully saturated rings. The number of hydrogen-bond acceptors (Lipinski definition) is 6. The zero-order valence-electron chi connectivity index (χ0n) is 19.1. The number of carbonyl (C=O) groups excluding carboxylic acids is 1. The third kappa shape index (κ3) is 5.44. The van der Waals surface area contributed by atoms with Crippen LogP contribution in [0.2, 0.25) is 0 Å². The van der Waals surface area contributed by atoms with Crippen molar-refractivity contribution in [2.45, 2.75) is 13.5 Å². The molecule has 0 aromatic heterocycles. The van der Waals surface area contributed by atoms with Gasteiger partial charge in [-0.15, -0.1) is 0 Å². The Hall–Kier alpha value is -4.53. The van der Waals surface area contributed by atoms with Crippen LogP contribution in [0.4, 0.5) is 11.4 Å². The lowest BCUT2D eigenvalue weighted by Gasteiger charge is -2.16. The number of rotatable bonds is 9. The van der Waals surface area contributed by atoms with Crippen LogP contribution >= 0.6 is 0 Å². The van der Waals surface area contributed by atoms with E-state index in [1.54, 1.807) is 42.5 Å². The van der Waals surface area contributed by atoms with Crippen LogP contribution in [0.25, 0.3) is 0 Å². The van der Waals surface area contributed by atoms with Crippen LogP contribution < -0.4 is 25.8 Å². The molecule has 34 heavy (non-hydrogen) atoms. The van der Waals surface area contributed by atoms with E-state index >= 15 is 0 Å². The second kappa shape index (κ2) is 10.4. The molecule has 176 valence electrons. The highest BCUT2D eigenvalue weighted by atomic mass is 16.5. The van der Waals surface area contributed by atoms with E-state index in [9.17, 15) is 14.7 Å². The highest BCUT2D eigenvalue weighted by Gasteiger charge is 2.15. The van der Waals surface area contributed by atoms with E-state index in [-0.39, 0.29) is 23.9 Å². The van der Waals surface area contributed by atoms with Crippen LogP contribution in [0, 0.1) is 12.3 Å². The summed E-state index contributed by atoms with van der Waals surface area (Å²) in [6.07, 6.45) is 0. The number of ether oxygens (including phenoxy) is 2. The first-order valence-electron chi connectivity index (χ1n) is 10.3. The first-order chi connectivity index (χ1) is 16.2. The van der Waals surface area contributed by atoms with Gasteiger partial charge in [0.1, 0.15) is 17.3 Å². The summed E-state index contributed by atoms with van der Waals surface area (Å²) in [4.78, 5) is 24.2. The molecule has 0 spiro atoms. The summed E-state index contributed by atoms with van der Waals surface area (Å²) in [7, 11) is 3.05. The number of aromatic carboxylic acids is 1. The van der Waals surface area contributed by atoms with Crippen LogP contribution in [0.5, 0.6) is 11.5 Å². The molecule has 0 unspecified atom stereocenters. The molecule has 0 saturated carbocycles. The summed E-state index contributed by atoms with van der Waals surface area (Å²) in [6.45, 7) is 2.00. The summed E-state index contributed by atoms with van der Waals surface area (Å²) >= 11 is 0. The van der Waals surface area contributed by atoms with Gasteiger partial charge in [0.05, 0.1) is 19.8 Å². The van der Waals surface area contributed by atoms with Gasteiger partial charge in [0, 0.05) is 34.6 Å². The van der Waals surface area contributed by atoms with E-state index < -0.39 is 5.97 Å². The molecule has 0 atom stereocenters. The van der Waals surface area contributed by atoms with Crippen molar-refractivity contribution in [2.75, 3.05) is 19.5 Å². The van der Waals surface area contributed by atoms with Gasteiger partial charge in [-0.1, -0.05) is 18.2 Å². The highest BCUT2D eigenvalue weighted by molar-refractivity contribution is 5.97. The van der Waals surface area contributed by atoms with Crippen molar-refractivity contribution >= 4 is 29.1 Å². The number of methoxy groups -OCH3 is 2. The monoisotopic (exact) mass is 462 g/mol. The number of carboxylic acid groups (broad SMARTS) is 1. The number of carboxylic acids is 1. The maximum absolute atomic E-state index is 12.9. The van der Waals surface area contributed by atoms with Crippen LogP contribution in [0.1, 0.15) is 37.4 Å². The van der Waals surface area contributed by atoms with Gasteiger partial charge in [0.15, 0.2) is 0 Å². The third-order valence-corrected chi connectivity index (χ3v) is 5.26. The summed E-state index contributed by atoms with van der Waals surface area (Å²) < 4.78 is 10.7. The molecular weight excluding hydrogens is 436 g/mol. The molecule has 0 saturated heterocycles. The van der Waals surface area contributed by atoms with Gasteiger partial charge in [-0.25, -0.2) is 4.79 Å². The van der Waals surface area contributed by atoms with Crippen molar-refractivity contribution < 1.29 is 24.2 Å². The Morgan fingerprint density at radius 3 is 2.24 bits per heavy atom. The molecular formula is C25H26N4O5. The fourth-order valence-corrected chi connectivity index (χ4v) is 3.39. The maximum Gasteiger partial charge on any atom is 0.335 e. The standard InChI is InChI=1S/C25H26N4O5/c1-14-21(33-2)11-18(12-22(14)34-3)24(30)28-13-17-8-7-15(23(26)27)10-20(17)29-19-6-4-5-16(9-19)25(31)32/h4-12,29H,13H2,1-3H3,(H3,26,27)(H,28,30)(H,31,32). The number of carbonyl (C=O) groups is 2. The quantitative estimate of drug-likeness (QED) is 0.241. The highest BCUT2D eigenvalue weighted by Crippen LogP contribution is 2.29. The molecule has 0 radical (unpaired) electrons. The van der Waals surface area contributed by atoms with E-state index in [0.29, 0.717) is 39.6 Å². The molecule has 3 aromatic carbocycles. The van der Waals surface area contributed by atoms with Gasteiger partial charge < -0.3 is 30.9 Å². The Bertz CT molecular complexity index is 1230. The van der Waals surface area contributed by atoms with Crippen LogP contribution in [0.15, 0.2) is 54.6 Å². The Morgan fingerprint density at radius 1 is 0.971 bits per heavy atom. The number of amides is 1. The third-order valence-electron chi connectivity index (χ3n) is 5.26. The van der Waals surface area contributed by atoms with E-state index in [1.807, 2.05) is 6.92 Å². The molecule has 0 aliphatic rings. The van der Waals surface area contributed by atoms with Crippen molar-refractivity contribution in [3.05, 3.63) is 82.4 Å². The number of benzene rings is 3. The van der Waals surface area contributed by atoms with E-state index in [2.05, 4.69) is 10.6 Å². The lowest BCUT2D eigenvalue weighted by Crippen LogP contribution is -2.23. The second-order valence-electron chi connectivity index (χ2n) is 7.49. The molecule has 3 aromatic rings. The molecule has 6 N–H and O–H groups in total. The van der Waals surface area contributed by atoms with Crippen molar-refractivity contribution in [1.82, 2.24) is 5.32 Å². The molecule has 9 nitrogen and oxygen atoms in total. The number of nitrogens with one attached hydrogen (secondary N) is 3. The van der Waals surface area contributed by atoms with E-state index in [0.717, 1.165) is 5.56 Å². The van der Waals surface area contributed by atoms with E-state index in [1.165, 1.54) is 26.4 Å². The SMILES string of the molecule is COc1cc(C(=O)NCc2ccc(C(=N)N)cc2Nc2cccc(C(=O)O)c2)cc(OC)c1C. The van der Waals surface area contributed by atoms with Gasteiger partial charge >= 0.3 is 5.97 Å². The maximum atomic E-state index is 12.9. The minimum atomic E-state index is -1.04. The van der Waals surface area contributed by atoms with Crippen molar-refractivity contribution in [3.63, 3.8) is 0 Å². The van der Waals surface area contributed by atoms with Gasteiger partial charge in [0.2, 0.25) is 0 Å².